The first kappa shape index (κ1) is 33.1. The third-order valence-corrected chi connectivity index (χ3v) is 11.3. The van der Waals surface area contributed by atoms with Gasteiger partial charge in [0.05, 0.1) is 0 Å². The lowest BCUT2D eigenvalue weighted by molar-refractivity contribution is 0.487. The fraction of sp³-hybridized carbons (Fsp3) is 0. The molecular formula is C53H32N4O2. The summed E-state index contributed by atoms with van der Waals surface area (Å²) < 4.78 is 13.1. The highest BCUT2D eigenvalue weighted by molar-refractivity contribution is 6.10. The maximum absolute atomic E-state index is 6.72. The number of aromatic nitrogens is 3. The highest BCUT2D eigenvalue weighted by atomic mass is 16.5. The van der Waals surface area contributed by atoms with Crippen molar-refractivity contribution in [3.05, 3.63) is 194 Å². The molecule has 0 saturated carbocycles. The summed E-state index contributed by atoms with van der Waals surface area (Å²) in [5.74, 6) is 3.43. The molecule has 0 saturated heterocycles. The number of hydrogen-bond acceptors (Lipinski definition) is 6. The first-order valence-electron chi connectivity index (χ1n) is 19.7. The standard InChI is InChI=1S/C53H32N4O2/c1-3-13-34(14-4-1)51-54-52(36-23-22-33-12-7-8-15-35(33)30-36)56-53(55-51)44-27-29-48-50-42(44)19-11-20-43(50)45-31-38(25-28-47(45)58-48)57(37-16-5-2-6-17-37)39-24-26-41-40-18-9-10-21-46(40)59-49(41)32-39/h1-32H. The third-order valence-electron chi connectivity index (χ3n) is 11.3. The Morgan fingerprint density at radius 1 is 0.356 bits per heavy atom. The van der Waals surface area contributed by atoms with Gasteiger partial charge in [-0.05, 0) is 88.5 Å². The van der Waals surface area contributed by atoms with Gasteiger partial charge < -0.3 is 14.1 Å². The highest BCUT2D eigenvalue weighted by Crippen LogP contribution is 2.50. The summed E-state index contributed by atoms with van der Waals surface area (Å²) in [6.07, 6.45) is 0. The number of para-hydroxylation sites is 2. The summed E-state index contributed by atoms with van der Waals surface area (Å²) in [7, 11) is 0. The molecule has 6 nitrogen and oxygen atoms in total. The first-order valence-corrected chi connectivity index (χ1v) is 19.7. The van der Waals surface area contributed by atoms with Crippen molar-refractivity contribution >= 4 is 60.5 Å². The third kappa shape index (κ3) is 5.53. The van der Waals surface area contributed by atoms with Gasteiger partial charge in [0, 0.05) is 61.5 Å². The van der Waals surface area contributed by atoms with Gasteiger partial charge in [-0.2, -0.15) is 0 Å². The van der Waals surface area contributed by atoms with Gasteiger partial charge in [0.1, 0.15) is 22.7 Å². The molecule has 0 atom stereocenters. The minimum Gasteiger partial charge on any atom is -0.456 e. The minimum atomic E-state index is 0.599. The number of nitrogens with zero attached hydrogens (tertiary/aromatic N) is 4. The normalized spacial score (nSPS) is 11.9. The van der Waals surface area contributed by atoms with E-state index in [1.165, 1.54) is 5.39 Å². The zero-order valence-electron chi connectivity index (χ0n) is 31.6. The second kappa shape index (κ2) is 13.3. The lowest BCUT2D eigenvalue weighted by Gasteiger charge is -2.28. The fourth-order valence-corrected chi connectivity index (χ4v) is 8.50. The van der Waals surface area contributed by atoms with Crippen molar-refractivity contribution in [2.45, 2.75) is 0 Å². The number of fused-ring (bicyclic) bond motifs is 6. The number of ether oxygens (including phenoxy) is 1. The molecule has 0 spiro atoms. The van der Waals surface area contributed by atoms with E-state index in [1.54, 1.807) is 0 Å². The van der Waals surface area contributed by atoms with Crippen LogP contribution in [0.25, 0.3) is 88.8 Å². The number of benzene rings is 9. The number of anilines is 3. The molecule has 3 heterocycles. The molecule has 0 unspecified atom stereocenters. The Bertz CT molecular complexity index is 3430. The van der Waals surface area contributed by atoms with E-state index in [4.69, 9.17) is 24.1 Å². The average molecular weight is 757 g/mol. The summed E-state index contributed by atoms with van der Waals surface area (Å²) >= 11 is 0. The Morgan fingerprint density at radius 3 is 1.92 bits per heavy atom. The molecule has 0 N–H and O–H groups in total. The van der Waals surface area contributed by atoms with Crippen molar-refractivity contribution in [1.82, 2.24) is 15.0 Å². The molecule has 1 aliphatic heterocycles. The van der Waals surface area contributed by atoms with E-state index < -0.39 is 0 Å². The van der Waals surface area contributed by atoms with Crippen LogP contribution in [0.4, 0.5) is 17.1 Å². The van der Waals surface area contributed by atoms with Crippen molar-refractivity contribution in [3.8, 4) is 56.8 Å². The van der Waals surface area contributed by atoms with Gasteiger partial charge in [0.15, 0.2) is 17.5 Å². The molecule has 59 heavy (non-hydrogen) atoms. The van der Waals surface area contributed by atoms with E-state index in [0.717, 1.165) is 94.5 Å². The minimum absolute atomic E-state index is 0.599. The van der Waals surface area contributed by atoms with Crippen LogP contribution in [0.2, 0.25) is 0 Å². The molecule has 6 heteroatoms. The molecule has 0 bridgehead atoms. The maximum Gasteiger partial charge on any atom is 0.164 e. The largest absolute Gasteiger partial charge is 0.456 e. The lowest BCUT2D eigenvalue weighted by Crippen LogP contribution is -2.10. The Morgan fingerprint density at radius 2 is 1.03 bits per heavy atom. The molecule has 0 fully saturated rings. The summed E-state index contributed by atoms with van der Waals surface area (Å²) in [5, 5.41) is 6.51. The summed E-state index contributed by atoms with van der Waals surface area (Å²) in [4.78, 5) is 17.6. The zero-order chi connectivity index (χ0) is 38.9. The monoisotopic (exact) mass is 756 g/mol. The second-order valence-electron chi connectivity index (χ2n) is 14.8. The Hall–Kier alpha value is -8.09. The van der Waals surface area contributed by atoms with Crippen molar-refractivity contribution in [2.75, 3.05) is 4.90 Å². The summed E-state index contributed by atoms with van der Waals surface area (Å²) in [5.41, 5.74) is 9.58. The maximum atomic E-state index is 6.72. The van der Waals surface area contributed by atoms with Gasteiger partial charge >= 0.3 is 0 Å². The number of furan rings is 1. The van der Waals surface area contributed by atoms with Gasteiger partial charge in [-0.1, -0.05) is 121 Å². The van der Waals surface area contributed by atoms with Crippen LogP contribution in [0.3, 0.4) is 0 Å². The topological polar surface area (TPSA) is 64.3 Å². The number of rotatable bonds is 6. The molecular weight excluding hydrogens is 725 g/mol. The molecule has 0 radical (unpaired) electrons. The zero-order valence-corrected chi connectivity index (χ0v) is 31.6. The van der Waals surface area contributed by atoms with E-state index >= 15 is 0 Å². The van der Waals surface area contributed by atoms with E-state index in [1.807, 2.05) is 60.7 Å². The van der Waals surface area contributed by atoms with Crippen molar-refractivity contribution < 1.29 is 9.15 Å². The highest BCUT2D eigenvalue weighted by Gasteiger charge is 2.25. The predicted octanol–water partition coefficient (Wildman–Crippen LogP) is 14.3. The molecule has 11 aromatic rings. The molecule has 276 valence electrons. The van der Waals surface area contributed by atoms with Gasteiger partial charge in [-0.3, -0.25) is 0 Å². The quantitative estimate of drug-likeness (QED) is 0.168. The van der Waals surface area contributed by atoms with Gasteiger partial charge in [0.2, 0.25) is 0 Å². The molecule has 0 aliphatic carbocycles. The van der Waals surface area contributed by atoms with Crippen LogP contribution in [0.5, 0.6) is 11.5 Å². The van der Waals surface area contributed by atoms with Crippen molar-refractivity contribution in [1.29, 1.82) is 0 Å². The smallest absolute Gasteiger partial charge is 0.164 e. The molecule has 1 aliphatic rings. The van der Waals surface area contributed by atoms with Crippen LogP contribution in [0.15, 0.2) is 199 Å². The summed E-state index contributed by atoms with van der Waals surface area (Å²) in [6.45, 7) is 0. The van der Waals surface area contributed by atoms with E-state index in [9.17, 15) is 0 Å². The van der Waals surface area contributed by atoms with Crippen molar-refractivity contribution in [2.24, 2.45) is 0 Å². The van der Waals surface area contributed by atoms with Crippen molar-refractivity contribution in [3.63, 3.8) is 0 Å². The molecule has 9 aromatic carbocycles. The Labute approximate surface area is 339 Å². The van der Waals surface area contributed by atoms with Gasteiger partial charge in [-0.15, -0.1) is 0 Å². The lowest BCUT2D eigenvalue weighted by atomic mass is 9.92. The predicted molar refractivity (Wildman–Crippen MR) is 239 cm³/mol. The van der Waals surface area contributed by atoms with Gasteiger partial charge in [-0.25, -0.2) is 15.0 Å². The van der Waals surface area contributed by atoms with Crippen LogP contribution < -0.4 is 9.64 Å². The van der Waals surface area contributed by atoms with Crippen LogP contribution in [0, 0.1) is 0 Å². The molecule has 2 aromatic heterocycles. The van der Waals surface area contributed by atoms with E-state index in [-0.39, 0.29) is 0 Å². The average Bonchev–Trinajstić information content (AvgIpc) is 3.68. The van der Waals surface area contributed by atoms with Crippen LogP contribution in [-0.2, 0) is 0 Å². The van der Waals surface area contributed by atoms with Crippen LogP contribution in [-0.4, -0.2) is 15.0 Å². The summed E-state index contributed by atoms with van der Waals surface area (Å²) in [6, 6.07) is 66.8. The Balaban J connectivity index is 1.01. The Kier molecular flexibility index (Phi) is 7.43. The van der Waals surface area contributed by atoms with Crippen LogP contribution in [0.1, 0.15) is 0 Å². The second-order valence-corrected chi connectivity index (χ2v) is 14.8. The van der Waals surface area contributed by atoms with Crippen LogP contribution >= 0.6 is 0 Å². The SMILES string of the molecule is c1ccc(-c2nc(-c3ccc4ccccc4c3)nc(-c3ccc4c5c(cccc35)-c3cc(N(c5ccccc5)c5ccc6c(c5)oc5ccccc56)ccc3O4)n2)cc1. The number of hydrogen-bond donors (Lipinski definition) is 0. The molecule has 0 amide bonds. The van der Waals surface area contributed by atoms with E-state index in [2.05, 4.69) is 138 Å². The van der Waals surface area contributed by atoms with Gasteiger partial charge in [0.25, 0.3) is 0 Å². The molecule has 12 rings (SSSR count). The first-order chi connectivity index (χ1) is 29.2. The van der Waals surface area contributed by atoms with E-state index in [0.29, 0.717) is 17.5 Å². The fourth-order valence-electron chi connectivity index (χ4n) is 8.50.